The number of carbonyl (C=O) groups excluding carboxylic acids is 1. The van der Waals surface area contributed by atoms with Crippen molar-refractivity contribution >= 4 is 18.3 Å². The lowest BCUT2D eigenvalue weighted by Gasteiger charge is -2.31. The number of aryl methyl sites for hydroxylation is 2. The Balaban J connectivity index is 0.00000220. The maximum atomic E-state index is 12.1. The first-order chi connectivity index (χ1) is 9.56. The van der Waals surface area contributed by atoms with Crippen molar-refractivity contribution in [2.75, 3.05) is 26.2 Å². The molecule has 2 rings (SSSR count). The normalized spacial score (nSPS) is 18.0. The van der Waals surface area contributed by atoms with Gasteiger partial charge in [-0.3, -0.25) is 4.79 Å². The van der Waals surface area contributed by atoms with Crippen LogP contribution in [0.4, 0.5) is 0 Å². The molecule has 0 radical (unpaired) electrons. The van der Waals surface area contributed by atoms with Crippen molar-refractivity contribution in [3.8, 4) is 5.75 Å². The minimum Gasteiger partial charge on any atom is -0.493 e. The summed E-state index contributed by atoms with van der Waals surface area (Å²) >= 11 is 0. The summed E-state index contributed by atoms with van der Waals surface area (Å²) in [4.78, 5) is 14.0. The lowest BCUT2D eigenvalue weighted by Crippen LogP contribution is -2.51. The van der Waals surface area contributed by atoms with E-state index in [1.54, 1.807) is 0 Å². The molecule has 0 bridgehead atoms. The molecule has 0 aromatic heterocycles. The highest BCUT2D eigenvalue weighted by atomic mass is 35.5. The van der Waals surface area contributed by atoms with Crippen molar-refractivity contribution in [3.63, 3.8) is 0 Å². The molecule has 1 aliphatic heterocycles. The van der Waals surface area contributed by atoms with Crippen LogP contribution < -0.4 is 10.1 Å². The summed E-state index contributed by atoms with van der Waals surface area (Å²) in [5.74, 6) is 1.02. The minimum absolute atomic E-state index is 0. The molecular formula is C16H25ClN2O2. The molecule has 1 N–H and O–H groups in total. The van der Waals surface area contributed by atoms with Crippen molar-refractivity contribution in [3.05, 3.63) is 29.3 Å². The van der Waals surface area contributed by atoms with Crippen molar-refractivity contribution in [1.29, 1.82) is 0 Å². The molecule has 1 fully saturated rings. The van der Waals surface area contributed by atoms with Crippen LogP contribution in [0.5, 0.6) is 5.75 Å². The molecule has 1 amide bonds. The Bertz CT molecular complexity index is 479. The van der Waals surface area contributed by atoms with Gasteiger partial charge in [-0.1, -0.05) is 6.07 Å². The number of rotatable bonds is 4. The fourth-order valence-corrected chi connectivity index (χ4v) is 2.38. The maximum Gasteiger partial charge on any atom is 0.226 e. The van der Waals surface area contributed by atoms with Crippen LogP contribution in [0.1, 0.15) is 24.5 Å². The number of nitrogens with zero attached hydrogens (tertiary/aromatic N) is 1. The first-order valence-corrected chi connectivity index (χ1v) is 7.27. The Morgan fingerprint density at radius 2 is 2.14 bits per heavy atom. The highest BCUT2D eigenvalue weighted by Gasteiger charge is 2.19. The number of carbonyl (C=O) groups is 1. The molecule has 1 saturated heterocycles. The largest absolute Gasteiger partial charge is 0.493 e. The van der Waals surface area contributed by atoms with E-state index in [0.29, 0.717) is 19.1 Å². The van der Waals surface area contributed by atoms with Crippen molar-refractivity contribution in [2.45, 2.75) is 33.2 Å². The molecule has 1 aliphatic rings. The molecule has 5 heteroatoms. The topological polar surface area (TPSA) is 41.6 Å². The summed E-state index contributed by atoms with van der Waals surface area (Å²) in [5.41, 5.74) is 2.47. The predicted octanol–water partition coefficient (Wildman–Crippen LogP) is 2.31. The molecule has 0 saturated carbocycles. The highest BCUT2D eigenvalue weighted by molar-refractivity contribution is 5.85. The Morgan fingerprint density at radius 1 is 1.38 bits per heavy atom. The number of benzene rings is 1. The van der Waals surface area contributed by atoms with Crippen molar-refractivity contribution in [1.82, 2.24) is 10.2 Å². The molecule has 1 heterocycles. The average molecular weight is 313 g/mol. The van der Waals surface area contributed by atoms with E-state index >= 15 is 0 Å². The number of nitrogens with one attached hydrogen (secondary N) is 1. The average Bonchev–Trinajstić information content (AvgIpc) is 2.42. The first kappa shape index (κ1) is 17.8. The maximum absolute atomic E-state index is 12.1. The number of ether oxygens (including phenoxy) is 1. The Morgan fingerprint density at radius 3 is 2.81 bits per heavy atom. The zero-order valence-electron chi connectivity index (χ0n) is 13.0. The molecule has 1 aromatic carbocycles. The van der Waals surface area contributed by atoms with Gasteiger partial charge < -0.3 is 15.0 Å². The third-order valence-electron chi connectivity index (χ3n) is 3.78. The van der Waals surface area contributed by atoms with Crippen molar-refractivity contribution < 1.29 is 9.53 Å². The summed E-state index contributed by atoms with van der Waals surface area (Å²) in [6.45, 7) is 9.16. The number of hydrogen-bond acceptors (Lipinski definition) is 3. The second-order valence-electron chi connectivity index (χ2n) is 5.54. The standard InChI is InChI=1S/C16H24N2O2.ClH/c1-12-4-5-15(10-13(12)2)20-9-6-16(19)18-8-7-17-14(3)11-18;/h4-5,10,14,17H,6-9,11H2,1-3H3;1H. The second kappa shape index (κ2) is 8.25. The number of amides is 1. The Hall–Kier alpha value is -1.26. The van der Waals surface area contributed by atoms with E-state index in [2.05, 4.69) is 26.1 Å². The van der Waals surface area contributed by atoms with Gasteiger partial charge >= 0.3 is 0 Å². The fourth-order valence-electron chi connectivity index (χ4n) is 2.38. The smallest absolute Gasteiger partial charge is 0.226 e. The van der Waals surface area contributed by atoms with Crippen LogP contribution in [0.3, 0.4) is 0 Å². The molecule has 21 heavy (non-hydrogen) atoms. The van der Waals surface area contributed by atoms with Gasteiger partial charge in [0.2, 0.25) is 5.91 Å². The molecule has 118 valence electrons. The number of hydrogen-bond donors (Lipinski definition) is 1. The quantitative estimate of drug-likeness (QED) is 0.927. The third-order valence-corrected chi connectivity index (χ3v) is 3.78. The van der Waals surface area contributed by atoms with Gasteiger partial charge in [0.05, 0.1) is 13.0 Å². The second-order valence-corrected chi connectivity index (χ2v) is 5.54. The van der Waals surface area contributed by atoms with E-state index in [4.69, 9.17) is 4.74 Å². The predicted molar refractivity (Wildman–Crippen MR) is 87.3 cm³/mol. The van der Waals surface area contributed by atoms with Crippen LogP contribution in [0.2, 0.25) is 0 Å². The zero-order valence-corrected chi connectivity index (χ0v) is 13.8. The molecule has 0 spiro atoms. The summed E-state index contributed by atoms with van der Waals surface area (Å²) in [6.07, 6.45) is 0.444. The van der Waals surface area contributed by atoms with Crippen LogP contribution in [-0.4, -0.2) is 43.1 Å². The molecule has 1 unspecified atom stereocenters. The SMILES string of the molecule is Cc1ccc(OCCC(=O)N2CCNC(C)C2)cc1C.Cl. The molecule has 0 aliphatic carbocycles. The Labute approximate surface area is 133 Å². The highest BCUT2D eigenvalue weighted by Crippen LogP contribution is 2.16. The van der Waals surface area contributed by atoms with Gasteiger partial charge in [0, 0.05) is 25.7 Å². The molecule has 4 nitrogen and oxygen atoms in total. The summed E-state index contributed by atoms with van der Waals surface area (Å²) in [5, 5.41) is 3.34. The summed E-state index contributed by atoms with van der Waals surface area (Å²) < 4.78 is 5.67. The summed E-state index contributed by atoms with van der Waals surface area (Å²) in [6, 6.07) is 6.41. The van der Waals surface area contributed by atoms with Crippen LogP contribution in [0, 0.1) is 13.8 Å². The van der Waals surface area contributed by atoms with Gasteiger partial charge in [0.25, 0.3) is 0 Å². The molecule has 1 atom stereocenters. The van der Waals surface area contributed by atoms with Gasteiger partial charge in [-0.15, -0.1) is 12.4 Å². The lowest BCUT2D eigenvalue weighted by atomic mass is 10.1. The van der Waals surface area contributed by atoms with Gasteiger partial charge in [-0.2, -0.15) is 0 Å². The van der Waals surface area contributed by atoms with Gasteiger partial charge in [0.1, 0.15) is 5.75 Å². The van der Waals surface area contributed by atoms with Crippen LogP contribution in [0.25, 0.3) is 0 Å². The van der Waals surface area contributed by atoms with E-state index in [-0.39, 0.29) is 18.3 Å². The molecular weight excluding hydrogens is 288 g/mol. The van der Waals surface area contributed by atoms with Gasteiger partial charge in [0.15, 0.2) is 0 Å². The third kappa shape index (κ3) is 5.21. The van der Waals surface area contributed by atoms with E-state index in [1.807, 2.05) is 23.1 Å². The van der Waals surface area contributed by atoms with E-state index < -0.39 is 0 Å². The van der Waals surface area contributed by atoms with E-state index in [1.165, 1.54) is 11.1 Å². The van der Waals surface area contributed by atoms with Gasteiger partial charge in [-0.25, -0.2) is 0 Å². The van der Waals surface area contributed by atoms with Gasteiger partial charge in [-0.05, 0) is 44.0 Å². The first-order valence-electron chi connectivity index (χ1n) is 7.27. The van der Waals surface area contributed by atoms with E-state index in [9.17, 15) is 4.79 Å². The lowest BCUT2D eigenvalue weighted by molar-refractivity contribution is -0.132. The zero-order chi connectivity index (χ0) is 14.5. The van der Waals surface area contributed by atoms with Crippen LogP contribution in [-0.2, 0) is 4.79 Å². The molecule has 1 aromatic rings. The number of piperazine rings is 1. The summed E-state index contributed by atoms with van der Waals surface area (Å²) in [7, 11) is 0. The van der Waals surface area contributed by atoms with Crippen LogP contribution >= 0.6 is 12.4 Å². The Kier molecular flexibility index (Phi) is 6.99. The van der Waals surface area contributed by atoms with E-state index in [0.717, 1.165) is 25.4 Å². The van der Waals surface area contributed by atoms with Crippen molar-refractivity contribution in [2.24, 2.45) is 0 Å². The fraction of sp³-hybridized carbons (Fsp3) is 0.562. The minimum atomic E-state index is 0. The number of halogens is 1. The van der Waals surface area contributed by atoms with Crippen LogP contribution in [0.15, 0.2) is 18.2 Å². The monoisotopic (exact) mass is 312 g/mol.